The molecule has 0 saturated heterocycles. The first-order chi connectivity index (χ1) is 17.7. The fourth-order valence-electron chi connectivity index (χ4n) is 4.85. The summed E-state index contributed by atoms with van der Waals surface area (Å²) < 4.78 is 12.4. The number of hydrogen-bond donors (Lipinski definition) is 2. The molecular weight excluding hydrogens is 468 g/mol. The largest absolute Gasteiger partial charge is 0.485 e. The molecule has 4 aromatic rings. The molecule has 2 aliphatic rings. The van der Waals surface area contributed by atoms with Gasteiger partial charge in [-0.25, -0.2) is 0 Å². The maximum absolute atomic E-state index is 13.1. The monoisotopic (exact) mass is 496 g/mol. The van der Waals surface area contributed by atoms with E-state index in [9.17, 15) is 4.79 Å². The number of ether oxygens (including phenoxy) is 2. The Kier molecular flexibility index (Phi) is 6.35. The molecular formula is C30H28N2O3S. The van der Waals surface area contributed by atoms with Gasteiger partial charge < -0.3 is 20.1 Å². The average Bonchev–Trinajstić information content (AvgIpc) is 3.31. The van der Waals surface area contributed by atoms with Crippen LogP contribution in [0.2, 0.25) is 0 Å². The molecule has 3 aromatic carbocycles. The van der Waals surface area contributed by atoms with Crippen molar-refractivity contribution in [2.24, 2.45) is 0 Å². The minimum absolute atomic E-state index is 0.00399. The second-order valence-corrected chi connectivity index (χ2v) is 10.3. The van der Waals surface area contributed by atoms with Gasteiger partial charge in [0, 0.05) is 4.88 Å². The van der Waals surface area contributed by atoms with Crippen LogP contribution >= 0.6 is 11.3 Å². The molecule has 1 aliphatic carbocycles. The van der Waals surface area contributed by atoms with Crippen molar-refractivity contribution in [1.29, 1.82) is 0 Å². The minimum Gasteiger partial charge on any atom is -0.485 e. The summed E-state index contributed by atoms with van der Waals surface area (Å²) in [5.41, 5.74) is 5.17. The van der Waals surface area contributed by atoms with Crippen LogP contribution in [0.15, 0.2) is 78.9 Å². The Balaban J connectivity index is 1.26. The number of aryl methyl sites for hydroxylation is 1. The zero-order valence-electron chi connectivity index (χ0n) is 20.0. The van der Waals surface area contributed by atoms with Crippen LogP contribution in [0.4, 0.5) is 5.00 Å². The van der Waals surface area contributed by atoms with Gasteiger partial charge in [-0.3, -0.25) is 4.79 Å². The summed E-state index contributed by atoms with van der Waals surface area (Å²) >= 11 is 1.73. The first-order valence-electron chi connectivity index (χ1n) is 12.4. The topological polar surface area (TPSA) is 59.6 Å². The van der Waals surface area contributed by atoms with Gasteiger partial charge in [0.15, 0.2) is 11.5 Å². The van der Waals surface area contributed by atoms with E-state index >= 15 is 0 Å². The van der Waals surface area contributed by atoms with Gasteiger partial charge in [0.25, 0.3) is 5.91 Å². The molecule has 0 radical (unpaired) electrons. The summed E-state index contributed by atoms with van der Waals surface area (Å²) in [6.07, 6.45) is 4.08. The van der Waals surface area contributed by atoms with Crippen LogP contribution in [0.3, 0.4) is 0 Å². The Bertz CT molecular complexity index is 1370. The van der Waals surface area contributed by atoms with Gasteiger partial charge in [-0.2, -0.15) is 0 Å². The highest BCUT2D eigenvalue weighted by molar-refractivity contribution is 7.16. The highest BCUT2D eigenvalue weighted by Crippen LogP contribution is 2.42. The fraction of sp³-hybridized carbons (Fsp3) is 0.233. The van der Waals surface area contributed by atoms with E-state index in [-0.39, 0.29) is 12.1 Å². The molecule has 1 amide bonds. The smallest absolute Gasteiger partial charge is 0.256 e. The predicted molar refractivity (Wildman–Crippen MR) is 143 cm³/mol. The molecule has 1 aromatic heterocycles. The number of carbonyl (C=O) groups is 1. The van der Waals surface area contributed by atoms with Crippen molar-refractivity contribution in [3.05, 3.63) is 112 Å². The molecule has 6 heteroatoms. The third kappa shape index (κ3) is 4.69. The Morgan fingerprint density at radius 1 is 0.778 bits per heavy atom. The maximum atomic E-state index is 13.1. The van der Waals surface area contributed by atoms with Gasteiger partial charge in [0.1, 0.15) is 24.4 Å². The van der Waals surface area contributed by atoms with Crippen molar-refractivity contribution in [3.63, 3.8) is 0 Å². The second kappa shape index (κ2) is 10.1. The lowest BCUT2D eigenvalue weighted by Gasteiger charge is -2.27. The van der Waals surface area contributed by atoms with Crippen LogP contribution in [0, 0.1) is 0 Å². The maximum Gasteiger partial charge on any atom is 0.256 e. The summed E-state index contributed by atoms with van der Waals surface area (Å²) in [5, 5.41) is 7.71. The van der Waals surface area contributed by atoms with Crippen molar-refractivity contribution >= 4 is 22.2 Å². The SMILES string of the molecule is O=C1NC(c2ccc(OCc3ccccc3)c(OCc3ccccc3)c2)Nc2sc3c(c21)CCCC3. The van der Waals surface area contributed by atoms with Gasteiger partial charge in [-0.1, -0.05) is 66.7 Å². The van der Waals surface area contributed by atoms with Crippen LogP contribution < -0.4 is 20.1 Å². The molecule has 1 aliphatic heterocycles. The van der Waals surface area contributed by atoms with Crippen molar-refractivity contribution in [3.8, 4) is 11.5 Å². The van der Waals surface area contributed by atoms with E-state index in [2.05, 4.69) is 10.6 Å². The van der Waals surface area contributed by atoms with E-state index in [0.29, 0.717) is 24.7 Å². The van der Waals surface area contributed by atoms with Gasteiger partial charge in [0.05, 0.1) is 5.56 Å². The summed E-state index contributed by atoms with van der Waals surface area (Å²) in [7, 11) is 0. The van der Waals surface area contributed by atoms with Crippen LogP contribution in [-0.4, -0.2) is 5.91 Å². The Hall–Kier alpha value is -3.77. The first-order valence-corrected chi connectivity index (χ1v) is 13.3. The van der Waals surface area contributed by atoms with Crippen LogP contribution in [0.5, 0.6) is 11.5 Å². The lowest BCUT2D eigenvalue weighted by molar-refractivity contribution is 0.0935. The van der Waals surface area contributed by atoms with Crippen molar-refractivity contribution in [2.75, 3.05) is 5.32 Å². The quantitative estimate of drug-likeness (QED) is 0.301. The van der Waals surface area contributed by atoms with E-state index in [1.165, 1.54) is 16.9 Å². The lowest BCUT2D eigenvalue weighted by Crippen LogP contribution is -2.38. The Labute approximate surface area is 215 Å². The first kappa shape index (κ1) is 22.7. The van der Waals surface area contributed by atoms with Gasteiger partial charge in [0.2, 0.25) is 0 Å². The Morgan fingerprint density at radius 3 is 2.17 bits per heavy atom. The van der Waals surface area contributed by atoms with E-state index in [1.54, 1.807) is 11.3 Å². The summed E-state index contributed by atoms with van der Waals surface area (Å²) in [4.78, 5) is 14.5. The number of benzene rings is 3. The molecule has 0 fully saturated rings. The molecule has 182 valence electrons. The van der Waals surface area contributed by atoms with Crippen LogP contribution in [0.25, 0.3) is 0 Å². The standard InChI is InChI=1S/C30H28N2O3S/c33-29-27-23-13-7-8-14-26(23)36-30(27)32-28(31-29)22-15-16-24(34-18-20-9-3-1-4-10-20)25(17-22)35-19-21-11-5-2-6-12-21/h1-6,9-12,15-17,28,32H,7-8,13-14,18-19H2,(H,31,33). The second-order valence-electron chi connectivity index (χ2n) is 9.22. The third-order valence-corrected chi connectivity index (χ3v) is 7.95. The number of thiophene rings is 1. The number of fused-ring (bicyclic) bond motifs is 3. The molecule has 1 atom stereocenters. The molecule has 2 N–H and O–H groups in total. The molecule has 5 nitrogen and oxygen atoms in total. The Morgan fingerprint density at radius 2 is 1.44 bits per heavy atom. The summed E-state index contributed by atoms with van der Waals surface area (Å²) in [5.74, 6) is 1.33. The third-order valence-electron chi connectivity index (χ3n) is 6.72. The molecule has 6 rings (SSSR count). The van der Waals surface area contributed by atoms with Crippen LogP contribution in [-0.2, 0) is 26.1 Å². The van der Waals surface area contributed by atoms with Gasteiger partial charge in [-0.05, 0) is 60.1 Å². The number of rotatable bonds is 7. The molecule has 0 spiro atoms. The van der Waals surface area contributed by atoms with E-state index < -0.39 is 0 Å². The van der Waals surface area contributed by atoms with Crippen molar-refractivity contribution in [2.45, 2.75) is 45.1 Å². The predicted octanol–water partition coefficient (Wildman–Crippen LogP) is 6.64. The highest BCUT2D eigenvalue weighted by atomic mass is 32.1. The molecule has 1 unspecified atom stereocenters. The average molecular weight is 497 g/mol. The van der Waals surface area contributed by atoms with E-state index in [1.807, 2.05) is 78.9 Å². The van der Waals surface area contributed by atoms with E-state index in [0.717, 1.165) is 46.5 Å². The normalized spacial score (nSPS) is 16.3. The summed E-state index contributed by atoms with van der Waals surface area (Å²) in [6, 6.07) is 26.0. The highest BCUT2D eigenvalue weighted by Gasteiger charge is 2.32. The fourth-order valence-corrected chi connectivity index (χ4v) is 6.17. The zero-order valence-corrected chi connectivity index (χ0v) is 20.8. The molecule has 2 heterocycles. The van der Waals surface area contributed by atoms with Crippen LogP contribution in [0.1, 0.15) is 56.5 Å². The molecule has 36 heavy (non-hydrogen) atoms. The van der Waals surface area contributed by atoms with Crippen molar-refractivity contribution < 1.29 is 14.3 Å². The number of amides is 1. The molecule has 0 bridgehead atoms. The lowest BCUT2D eigenvalue weighted by atomic mass is 9.94. The van der Waals surface area contributed by atoms with Gasteiger partial charge >= 0.3 is 0 Å². The molecule has 0 saturated carbocycles. The number of carbonyl (C=O) groups excluding carboxylic acids is 1. The van der Waals surface area contributed by atoms with Crippen molar-refractivity contribution in [1.82, 2.24) is 5.32 Å². The number of anilines is 1. The summed E-state index contributed by atoms with van der Waals surface area (Å²) in [6.45, 7) is 0.878. The minimum atomic E-state index is -0.327. The zero-order chi connectivity index (χ0) is 24.3. The van der Waals surface area contributed by atoms with E-state index in [4.69, 9.17) is 9.47 Å². The number of nitrogens with one attached hydrogen (secondary N) is 2. The number of hydrogen-bond acceptors (Lipinski definition) is 5. The van der Waals surface area contributed by atoms with Gasteiger partial charge in [-0.15, -0.1) is 11.3 Å².